The van der Waals surface area contributed by atoms with Crippen LogP contribution in [0.3, 0.4) is 0 Å². The van der Waals surface area contributed by atoms with Crippen LogP contribution in [0, 0.1) is 0 Å². The molecular formula is C21H28N4O3. The zero-order chi connectivity index (χ0) is 20.3. The van der Waals surface area contributed by atoms with Crippen LogP contribution >= 0.6 is 0 Å². The molecule has 150 valence electrons. The topological polar surface area (TPSA) is 87.5 Å². The molecule has 0 atom stereocenters. The first kappa shape index (κ1) is 20.1. The Balaban J connectivity index is 1.65. The largest absolute Gasteiger partial charge is 0.480 e. The second kappa shape index (κ2) is 8.56. The van der Waals surface area contributed by atoms with E-state index in [-0.39, 0.29) is 30.5 Å². The monoisotopic (exact) mass is 384 g/mol. The lowest BCUT2D eigenvalue weighted by Crippen LogP contribution is -2.54. The smallest absolute Gasteiger partial charge is 0.317 e. The number of carboxylic acid groups (broad SMARTS) is 1. The van der Waals surface area contributed by atoms with E-state index in [1.165, 1.54) is 0 Å². The van der Waals surface area contributed by atoms with Gasteiger partial charge < -0.3 is 10.4 Å². The van der Waals surface area contributed by atoms with Gasteiger partial charge in [-0.05, 0) is 43.5 Å². The minimum atomic E-state index is -0.818. The summed E-state index contributed by atoms with van der Waals surface area (Å²) in [5.41, 5.74) is 2.33. The summed E-state index contributed by atoms with van der Waals surface area (Å²) >= 11 is 0. The predicted octanol–water partition coefficient (Wildman–Crippen LogP) is 2.66. The highest BCUT2D eigenvalue weighted by atomic mass is 16.4. The van der Waals surface area contributed by atoms with E-state index >= 15 is 0 Å². The molecule has 1 aromatic carbocycles. The number of likely N-dealkylation sites (N-methyl/N-ethyl adjacent to an activating group) is 1. The lowest BCUT2D eigenvalue weighted by atomic mass is 9.85. The number of hydrogen-bond acceptors (Lipinski definition) is 4. The number of carboxylic acids is 1. The van der Waals surface area contributed by atoms with Crippen molar-refractivity contribution in [3.63, 3.8) is 0 Å². The Morgan fingerprint density at radius 3 is 2.54 bits per heavy atom. The van der Waals surface area contributed by atoms with Gasteiger partial charge in [-0.15, -0.1) is 0 Å². The van der Waals surface area contributed by atoms with Crippen molar-refractivity contribution in [1.29, 1.82) is 0 Å². The van der Waals surface area contributed by atoms with Crippen molar-refractivity contribution in [1.82, 2.24) is 20.0 Å². The normalized spacial score (nSPS) is 18.9. The van der Waals surface area contributed by atoms with E-state index in [0.717, 1.165) is 24.2 Å². The number of rotatable bonds is 8. The molecule has 1 aromatic heterocycles. The van der Waals surface area contributed by atoms with Gasteiger partial charge in [0.25, 0.3) is 5.91 Å². The molecule has 1 amide bonds. The first-order valence-electron chi connectivity index (χ1n) is 9.81. The van der Waals surface area contributed by atoms with Crippen molar-refractivity contribution in [3.8, 4) is 5.69 Å². The van der Waals surface area contributed by atoms with Gasteiger partial charge in [-0.3, -0.25) is 14.5 Å². The van der Waals surface area contributed by atoms with Gasteiger partial charge in [-0.25, -0.2) is 4.68 Å². The Morgan fingerprint density at radius 2 is 1.96 bits per heavy atom. The number of carbonyl (C=O) groups excluding carboxylic acids is 1. The van der Waals surface area contributed by atoms with E-state index in [1.807, 2.05) is 52.9 Å². The van der Waals surface area contributed by atoms with Crippen LogP contribution in [0.1, 0.15) is 55.7 Å². The van der Waals surface area contributed by atoms with Crippen LogP contribution in [0.4, 0.5) is 0 Å². The molecule has 1 heterocycles. The fourth-order valence-electron chi connectivity index (χ4n) is 3.63. The Kier molecular flexibility index (Phi) is 6.14. The number of hydrogen-bond donors (Lipinski definition) is 2. The van der Waals surface area contributed by atoms with E-state index < -0.39 is 5.97 Å². The SMILES string of the molecule is CCN(CC(=O)O)C1CC(NC(=O)c2cc(C(C)C)n(-c3ccccc3)n2)C1. The van der Waals surface area contributed by atoms with Crippen molar-refractivity contribution in [2.45, 2.75) is 51.6 Å². The van der Waals surface area contributed by atoms with Crippen LogP contribution in [0.2, 0.25) is 0 Å². The maximum atomic E-state index is 12.7. The molecule has 2 aromatic rings. The Labute approximate surface area is 165 Å². The molecule has 0 unspecified atom stereocenters. The highest BCUT2D eigenvalue weighted by Gasteiger charge is 2.35. The molecular weight excluding hydrogens is 356 g/mol. The predicted molar refractivity (Wildman–Crippen MR) is 107 cm³/mol. The Morgan fingerprint density at radius 1 is 1.29 bits per heavy atom. The van der Waals surface area contributed by atoms with Crippen LogP contribution in [0.25, 0.3) is 5.69 Å². The first-order valence-corrected chi connectivity index (χ1v) is 9.81. The molecule has 1 aliphatic rings. The molecule has 7 nitrogen and oxygen atoms in total. The summed E-state index contributed by atoms with van der Waals surface area (Å²) in [6, 6.07) is 11.9. The van der Waals surface area contributed by atoms with E-state index in [9.17, 15) is 9.59 Å². The summed E-state index contributed by atoms with van der Waals surface area (Å²) in [6.07, 6.45) is 1.53. The van der Waals surface area contributed by atoms with E-state index in [4.69, 9.17) is 5.11 Å². The minimum Gasteiger partial charge on any atom is -0.480 e. The summed E-state index contributed by atoms with van der Waals surface area (Å²) in [4.78, 5) is 25.6. The maximum absolute atomic E-state index is 12.7. The number of benzene rings is 1. The van der Waals surface area contributed by atoms with Gasteiger partial charge in [0, 0.05) is 17.8 Å². The molecule has 7 heteroatoms. The maximum Gasteiger partial charge on any atom is 0.317 e. The van der Waals surface area contributed by atoms with Crippen LogP contribution in [-0.2, 0) is 4.79 Å². The van der Waals surface area contributed by atoms with Gasteiger partial charge in [0.2, 0.25) is 0 Å². The van der Waals surface area contributed by atoms with Crippen molar-refractivity contribution in [2.24, 2.45) is 0 Å². The molecule has 0 bridgehead atoms. The van der Waals surface area contributed by atoms with Crippen molar-refractivity contribution >= 4 is 11.9 Å². The zero-order valence-electron chi connectivity index (χ0n) is 16.6. The zero-order valence-corrected chi connectivity index (χ0v) is 16.6. The summed E-state index contributed by atoms with van der Waals surface area (Å²) in [5, 5.41) is 16.6. The molecule has 0 saturated heterocycles. The molecule has 28 heavy (non-hydrogen) atoms. The van der Waals surface area contributed by atoms with Crippen LogP contribution in [0.5, 0.6) is 0 Å². The molecule has 0 spiro atoms. The summed E-state index contributed by atoms with van der Waals surface area (Å²) < 4.78 is 1.83. The van der Waals surface area contributed by atoms with Gasteiger partial charge in [0.05, 0.1) is 12.2 Å². The third-order valence-corrected chi connectivity index (χ3v) is 5.27. The number of carbonyl (C=O) groups is 2. The van der Waals surface area contributed by atoms with E-state index in [1.54, 1.807) is 0 Å². The Bertz CT molecular complexity index is 825. The van der Waals surface area contributed by atoms with Crippen molar-refractivity contribution in [2.75, 3.05) is 13.1 Å². The summed E-state index contributed by atoms with van der Waals surface area (Å²) in [6.45, 7) is 6.85. The average molecular weight is 384 g/mol. The van der Waals surface area contributed by atoms with Gasteiger partial charge in [0.15, 0.2) is 5.69 Å². The molecule has 2 N–H and O–H groups in total. The second-order valence-electron chi connectivity index (χ2n) is 7.61. The van der Waals surface area contributed by atoms with Gasteiger partial charge >= 0.3 is 5.97 Å². The van der Waals surface area contributed by atoms with Gasteiger partial charge in [-0.1, -0.05) is 39.0 Å². The van der Waals surface area contributed by atoms with Crippen LogP contribution in [-0.4, -0.2) is 56.8 Å². The highest BCUT2D eigenvalue weighted by Crippen LogP contribution is 2.26. The number of aliphatic carboxylic acids is 1. The molecule has 1 saturated carbocycles. The van der Waals surface area contributed by atoms with Gasteiger partial charge in [-0.2, -0.15) is 5.10 Å². The van der Waals surface area contributed by atoms with Crippen LogP contribution < -0.4 is 5.32 Å². The highest BCUT2D eigenvalue weighted by molar-refractivity contribution is 5.92. The number of aromatic nitrogens is 2. The fraction of sp³-hybridized carbons (Fsp3) is 0.476. The van der Waals surface area contributed by atoms with E-state index in [2.05, 4.69) is 24.3 Å². The lowest BCUT2D eigenvalue weighted by molar-refractivity contribution is -0.139. The standard InChI is InChI=1S/C21H28N4O3/c1-4-24(13-20(26)27)17-10-15(11-17)22-21(28)18-12-19(14(2)3)25(23-18)16-8-6-5-7-9-16/h5-9,12,14-15,17H,4,10-11,13H2,1-3H3,(H,22,28)(H,26,27). The first-order chi connectivity index (χ1) is 13.4. The lowest BCUT2D eigenvalue weighted by Gasteiger charge is -2.42. The molecule has 1 fully saturated rings. The minimum absolute atomic E-state index is 0.0427. The summed E-state index contributed by atoms with van der Waals surface area (Å²) in [7, 11) is 0. The molecule has 3 rings (SSSR count). The van der Waals surface area contributed by atoms with Crippen molar-refractivity contribution < 1.29 is 14.7 Å². The Hall–Kier alpha value is -2.67. The summed E-state index contributed by atoms with van der Waals surface area (Å²) in [5.74, 6) is -0.764. The fourth-order valence-corrected chi connectivity index (χ4v) is 3.63. The number of nitrogens with one attached hydrogen (secondary N) is 1. The average Bonchev–Trinajstić information content (AvgIpc) is 3.09. The number of nitrogens with zero attached hydrogens (tertiary/aromatic N) is 3. The molecule has 1 aliphatic carbocycles. The molecule has 0 radical (unpaired) electrons. The van der Waals surface area contributed by atoms with Crippen molar-refractivity contribution in [3.05, 3.63) is 47.8 Å². The quantitative estimate of drug-likeness (QED) is 0.731. The second-order valence-corrected chi connectivity index (χ2v) is 7.61. The number of amides is 1. The van der Waals surface area contributed by atoms with Crippen LogP contribution in [0.15, 0.2) is 36.4 Å². The number of para-hydroxylation sites is 1. The van der Waals surface area contributed by atoms with Gasteiger partial charge in [0.1, 0.15) is 0 Å². The van der Waals surface area contributed by atoms with E-state index in [0.29, 0.717) is 12.2 Å². The molecule has 0 aliphatic heterocycles. The third-order valence-electron chi connectivity index (χ3n) is 5.27. The third kappa shape index (κ3) is 4.42.